The Balaban J connectivity index is 1.99. The van der Waals surface area contributed by atoms with E-state index >= 15 is 0 Å². The van der Waals surface area contributed by atoms with E-state index in [0.717, 1.165) is 12.8 Å². The monoisotopic (exact) mass is 210 g/mol. The van der Waals surface area contributed by atoms with Crippen molar-refractivity contribution in [2.24, 2.45) is 17.3 Å². The average molecular weight is 210 g/mol. The molecule has 3 nitrogen and oxygen atoms in total. The molecular weight excluding hydrogens is 192 g/mol. The zero-order chi connectivity index (χ0) is 11.1. The Morgan fingerprint density at radius 1 is 1.13 bits per heavy atom. The fraction of sp³-hybridized carbons (Fsp3) is 0.833. The van der Waals surface area contributed by atoms with E-state index in [1.54, 1.807) is 0 Å². The number of carbonyl (C=O) groups excluding carboxylic acids is 2. The second-order valence-electron chi connectivity index (χ2n) is 5.68. The highest BCUT2D eigenvalue weighted by Crippen LogP contribution is 2.46. The van der Waals surface area contributed by atoms with Crippen molar-refractivity contribution >= 4 is 11.9 Å². The van der Waals surface area contributed by atoms with Crippen molar-refractivity contribution in [2.75, 3.05) is 0 Å². The van der Waals surface area contributed by atoms with Crippen LogP contribution in [0.4, 0.5) is 0 Å². The topological polar surface area (TPSA) is 43.4 Å². The highest BCUT2D eigenvalue weighted by molar-refractivity contribution is 5.88. The third-order valence-electron chi connectivity index (χ3n) is 3.76. The fourth-order valence-electron chi connectivity index (χ4n) is 2.94. The zero-order valence-electron chi connectivity index (χ0n) is 9.41. The van der Waals surface area contributed by atoms with Crippen LogP contribution in [0.15, 0.2) is 0 Å². The van der Waals surface area contributed by atoms with Crippen molar-refractivity contribution in [1.29, 1.82) is 0 Å². The van der Waals surface area contributed by atoms with E-state index in [1.807, 2.05) is 0 Å². The van der Waals surface area contributed by atoms with Gasteiger partial charge in [0.05, 0.1) is 0 Å². The Kier molecular flexibility index (Phi) is 2.57. The van der Waals surface area contributed by atoms with Crippen LogP contribution < -0.4 is 0 Å². The van der Waals surface area contributed by atoms with E-state index in [9.17, 15) is 9.59 Å². The Morgan fingerprint density at radius 2 is 1.73 bits per heavy atom. The van der Waals surface area contributed by atoms with Crippen molar-refractivity contribution < 1.29 is 14.3 Å². The summed E-state index contributed by atoms with van der Waals surface area (Å²) in [6, 6.07) is 0. The van der Waals surface area contributed by atoms with Gasteiger partial charge < -0.3 is 4.74 Å². The first-order valence-electron chi connectivity index (χ1n) is 5.70. The highest BCUT2D eigenvalue weighted by Gasteiger charge is 2.39. The second-order valence-corrected chi connectivity index (χ2v) is 5.68. The molecule has 0 N–H and O–H groups in total. The molecule has 1 unspecified atom stereocenters. The first-order valence-corrected chi connectivity index (χ1v) is 5.70. The summed E-state index contributed by atoms with van der Waals surface area (Å²) in [4.78, 5) is 22.3. The molecule has 1 aliphatic carbocycles. The minimum Gasteiger partial charge on any atom is -0.393 e. The number of cyclic esters (lactones) is 2. The van der Waals surface area contributed by atoms with Gasteiger partial charge in [0, 0.05) is 12.8 Å². The van der Waals surface area contributed by atoms with Crippen LogP contribution in [0.25, 0.3) is 0 Å². The van der Waals surface area contributed by atoms with Crippen LogP contribution in [0.3, 0.4) is 0 Å². The van der Waals surface area contributed by atoms with Gasteiger partial charge in [-0.05, 0) is 36.5 Å². The summed E-state index contributed by atoms with van der Waals surface area (Å²) in [5.74, 6) is 0.110. The maximum Gasteiger partial charge on any atom is 0.313 e. The van der Waals surface area contributed by atoms with Gasteiger partial charge in [-0.3, -0.25) is 9.59 Å². The van der Waals surface area contributed by atoms with Crippen molar-refractivity contribution in [1.82, 2.24) is 0 Å². The van der Waals surface area contributed by atoms with E-state index in [2.05, 4.69) is 18.6 Å². The number of esters is 2. The summed E-state index contributed by atoms with van der Waals surface area (Å²) >= 11 is 0. The molecule has 1 saturated heterocycles. The SMILES string of the molecule is CC1(C)CCC(C2CC(=O)OC(=O)C2)C1. The molecule has 2 rings (SSSR count). The molecule has 1 saturated carbocycles. The second kappa shape index (κ2) is 3.62. The van der Waals surface area contributed by atoms with Crippen molar-refractivity contribution in [3.63, 3.8) is 0 Å². The first kappa shape index (κ1) is 10.7. The molecule has 15 heavy (non-hydrogen) atoms. The van der Waals surface area contributed by atoms with Crippen LogP contribution in [0, 0.1) is 17.3 Å². The van der Waals surface area contributed by atoms with Gasteiger partial charge in [-0.15, -0.1) is 0 Å². The Morgan fingerprint density at radius 3 is 2.20 bits per heavy atom. The Bertz CT molecular complexity index is 277. The molecule has 0 amide bonds. The molecule has 0 radical (unpaired) electrons. The standard InChI is InChI=1S/C12H18O3/c1-12(2)4-3-8(7-12)9-5-10(13)15-11(14)6-9/h8-9H,3-7H2,1-2H3. The van der Waals surface area contributed by atoms with Crippen molar-refractivity contribution in [3.8, 4) is 0 Å². The van der Waals surface area contributed by atoms with Crippen molar-refractivity contribution in [2.45, 2.75) is 46.0 Å². The maximum absolute atomic E-state index is 11.2. The molecule has 84 valence electrons. The van der Waals surface area contributed by atoms with Gasteiger partial charge in [0.2, 0.25) is 0 Å². The number of ether oxygens (including phenoxy) is 1. The fourth-order valence-corrected chi connectivity index (χ4v) is 2.94. The third kappa shape index (κ3) is 2.39. The maximum atomic E-state index is 11.2. The minimum atomic E-state index is -0.332. The summed E-state index contributed by atoms with van der Waals surface area (Å²) < 4.78 is 4.55. The summed E-state index contributed by atoms with van der Waals surface area (Å²) in [5.41, 5.74) is 0.384. The van der Waals surface area contributed by atoms with E-state index in [-0.39, 0.29) is 17.9 Å². The van der Waals surface area contributed by atoms with Crippen LogP contribution in [0.1, 0.15) is 46.0 Å². The molecule has 2 aliphatic rings. The summed E-state index contributed by atoms with van der Waals surface area (Å²) in [6.07, 6.45) is 4.37. The lowest BCUT2D eigenvalue weighted by Crippen LogP contribution is -2.29. The Labute approximate surface area is 90.2 Å². The lowest BCUT2D eigenvalue weighted by atomic mass is 9.81. The number of carbonyl (C=O) groups is 2. The van der Waals surface area contributed by atoms with Gasteiger partial charge in [0.15, 0.2) is 0 Å². The molecule has 1 atom stereocenters. The van der Waals surface area contributed by atoms with E-state index in [1.165, 1.54) is 6.42 Å². The highest BCUT2D eigenvalue weighted by atomic mass is 16.6. The van der Waals surface area contributed by atoms with Crippen LogP contribution in [-0.2, 0) is 14.3 Å². The smallest absolute Gasteiger partial charge is 0.313 e. The number of hydrogen-bond acceptors (Lipinski definition) is 3. The largest absolute Gasteiger partial charge is 0.393 e. The van der Waals surface area contributed by atoms with Gasteiger partial charge in [0.25, 0.3) is 0 Å². The Hall–Kier alpha value is -0.860. The van der Waals surface area contributed by atoms with Gasteiger partial charge in [-0.1, -0.05) is 13.8 Å². The van der Waals surface area contributed by atoms with Gasteiger partial charge in [0.1, 0.15) is 0 Å². The van der Waals surface area contributed by atoms with Crippen LogP contribution in [0.5, 0.6) is 0 Å². The quantitative estimate of drug-likeness (QED) is 0.492. The van der Waals surface area contributed by atoms with Gasteiger partial charge >= 0.3 is 11.9 Å². The summed E-state index contributed by atoms with van der Waals surface area (Å²) in [5, 5.41) is 0. The molecule has 1 heterocycles. The number of rotatable bonds is 1. The predicted molar refractivity (Wildman–Crippen MR) is 54.9 cm³/mol. The third-order valence-corrected chi connectivity index (χ3v) is 3.76. The zero-order valence-corrected chi connectivity index (χ0v) is 9.41. The molecule has 2 fully saturated rings. The molecule has 0 aromatic rings. The van der Waals surface area contributed by atoms with Crippen molar-refractivity contribution in [3.05, 3.63) is 0 Å². The van der Waals surface area contributed by atoms with Gasteiger partial charge in [-0.25, -0.2) is 0 Å². The minimum absolute atomic E-state index is 0.237. The average Bonchev–Trinajstić information content (AvgIpc) is 2.44. The van der Waals surface area contributed by atoms with Crippen LogP contribution in [-0.4, -0.2) is 11.9 Å². The molecule has 0 aromatic heterocycles. The molecule has 0 spiro atoms. The molecule has 1 aliphatic heterocycles. The summed E-state index contributed by atoms with van der Waals surface area (Å²) in [6.45, 7) is 4.52. The molecule has 0 aromatic carbocycles. The van der Waals surface area contributed by atoms with E-state index in [4.69, 9.17) is 0 Å². The normalized spacial score (nSPS) is 31.7. The predicted octanol–water partition coefficient (Wildman–Crippen LogP) is 2.29. The van der Waals surface area contributed by atoms with Gasteiger partial charge in [-0.2, -0.15) is 0 Å². The first-order chi connectivity index (χ1) is 6.96. The van der Waals surface area contributed by atoms with Crippen LogP contribution in [0.2, 0.25) is 0 Å². The lowest BCUT2D eigenvalue weighted by Gasteiger charge is -2.26. The summed E-state index contributed by atoms with van der Waals surface area (Å²) in [7, 11) is 0. The van der Waals surface area contributed by atoms with Crippen LogP contribution >= 0.6 is 0 Å². The van der Waals surface area contributed by atoms with E-state index < -0.39 is 0 Å². The van der Waals surface area contributed by atoms with E-state index in [0.29, 0.717) is 24.2 Å². The number of hydrogen-bond donors (Lipinski definition) is 0. The molecule has 3 heteroatoms. The molecule has 0 bridgehead atoms. The molecular formula is C12H18O3. The lowest BCUT2D eigenvalue weighted by molar-refractivity contribution is -0.166.